The molecule has 0 spiro atoms. The van der Waals surface area contributed by atoms with Gasteiger partial charge in [0.05, 0.1) is 25.6 Å². The lowest BCUT2D eigenvalue weighted by Gasteiger charge is -2.27. The summed E-state index contributed by atoms with van der Waals surface area (Å²) in [5, 5.41) is 26.1. The molecule has 57 heavy (non-hydrogen) atoms. The Morgan fingerprint density at radius 1 is 0.632 bits per heavy atom. The number of carbonyl (C=O) groups is 4. The molecule has 4 N–H and O–H groups in total. The second-order valence-electron chi connectivity index (χ2n) is 13.1. The van der Waals surface area contributed by atoms with Crippen molar-refractivity contribution in [1.29, 1.82) is 0 Å². The Labute approximate surface area is 324 Å². The number of methoxy groups -OCH3 is 2. The van der Waals surface area contributed by atoms with Gasteiger partial charge in [-0.3, -0.25) is 19.2 Å². The topological polar surface area (TPSA) is 219 Å². The number of nitrogens with zero attached hydrogens (tertiary/aromatic N) is 8. The van der Waals surface area contributed by atoms with Crippen LogP contribution in [0.1, 0.15) is 53.1 Å². The van der Waals surface area contributed by atoms with Gasteiger partial charge in [-0.25, -0.2) is 9.36 Å². The zero-order valence-corrected chi connectivity index (χ0v) is 30.7. The molecular formula is C40H34N10O7. The number of anilines is 2. The van der Waals surface area contributed by atoms with E-state index in [0.29, 0.717) is 68.8 Å². The maximum Gasteiger partial charge on any atom is 0.277 e. The zero-order chi connectivity index (χ0) is 40.0. The molecule has 0 saturated heterocycles. The van der Waals surface area contributed by atoms with Crippen LogP contribution in [0.2, 0.25) is 0 Å². The number of rotatable bonds is 10. The predicted molar refractivity (Wildman–Crippen MR) is 206 cm³/mol. The number of azo groups is 1. The molecule has 0 aliphatic carbocycles. The minimum absolute atomic E-state index is 0.0356. The number of hydrogen-bond donors (Lipinski definition) is 2. The van der Waals surface area contributed by atoms with Gasteiger partial charge in [-0.15, -0.1) is 0 Å². The fourth-order valence-corrected chi connectivity index (χ4v) is 7.05. The molecule has 0 radical (unpaired) electrons. The largest absolute Gasteiger partial charge is 0.594 e. The molecule has 0 atom stereocenters. The summed E-state index contributed by atoms with van der Waals surface area (Å²) in [4.78, 5) is 56.0. The Morgan fingerprint density at radius 3 is 1.40 bits per heavy atom. The molecule has 0 fully saturated rings. The molecule has 17 nitrogen and oxygen atoms in total. The summed E-state index contributed by atoms with van der Waals surface area (Å²) in [6, 6.07) is 26.8. The minimum atomic E-state index is -0.731. The number of hydrogen-bond acceptors (Lipinski definition) is 10. The summed E-state index contributed by atoms with van der Waals surface area (Å²) in [7, 11) is 3.09. The monoisotopic (exact) mass is 766 g/mol. The highest BCUT2D eigenvalue weighted by Crippen LogP contribution is 2.33. The van der Waals surface area contributed by atoms with Gasteiger partial charge in [0, 0.05) is 52.8 Å². The van der Waals surface area contributed by atoms with Crippen LogP contribution >= 0.6 is 0 Å². The van der Waals surface area contributed by atoms with Crippen molar-refractivity contribution in [2.75, 3.05) is 37.1 Å². The van der Waals surface area contributed by atoms with E-state index >= 15 is 0 Å². The van der Waals surface area contributed by atoms with E-state index in [1.807, 2.05) is 0 Å². The van der Waals surface area contributed by atoms with Crippen LogP contribution in [0.5, 0.6) is 11.5 Å². The number of fused-ring (bicyclic) bond motifs is 2. The lowest BCUT2D eigenvalue weighted by atomic mass is 10.0. The summed E-state index contributed by atoms with van der Waals surface area (Å²) < 4.78 is 13.3. The van der Waals surface area contributed by atoms with Gasteiger partial charge in [-0.05, 0) is 97.8 Å². The second-order valence-corrected chi connectivity index (χ2v) is 13.1. The number of primary amides is 2. The Balaban J connectivity index is 1.00. The van der Waals surface area contributed by atoms with E-state index in [1.165, 1.54) is 9.36 Å². The van der Waals surface area contributed by atoms with Gasteiger partial charge < -0.3 is 35.9 Å². The van der Waals surface area contributed by atoms with Crippen molar-refractivity contribution in [3.63, 3.8) is 0 Å². The van der Waals surface area contributed by atoms with Crippen molar-refractivity contribution in [3.8, 4) is 22.9 Å². The molecule has 0 saturated carbocycles. The van der Waals surface area contributed by atoms with Crippen molar-refractivity contribution in [1.82, 2.24) is 19.6 Å². The van der Waals surface area contributed by atoms with E-state index in [-0.39, 0.29) is 53.4 Å². The molecule has 0 bridgehead atoms. The van der Waals surface area contributed by atoms with Gasteiger partial charge in [0.1, 0.15) is 28.6 Å². The summed E-state index contributed by atoms with van der Waals surface area (Å²) in [5.41, 5.74) is 15.5. The van der Waals surface area contributed by atoms with Crippen LogP contribution in [0.3, 0.4) is 0 Å². The standard InChI is InChI=1S/C40H34N10O7/c1-56-29-15-11-26(12-16-29)48-35-31(33(44-48)37(41)51)19-21-46(39(35)53)24-5-3-23(4-6-24)43-50(55)28-9-7-25(8-10-28)47-22-20-32-34(38(42)52)45-49(36(32)40(47)54)27-13-17-30(57-2)18-14-27/h3-18H,19-22H2,1-2H3,(H2,41,51)(H2,42,52). The third-order valence-corrected chi connectivity index (χ3v) is 9.88. The molecule has 8 rings (SSSR count). The minimum Gasteiger partial charge on any atom is -0.594 e. The Kier molecular flexibility index (Phi) is 9.16. The molecule has 4 amide bonds. The number of aromatic nitrogens is 4. The number of nitrogens with two attached hydrogens (primary N) is 2. The van der Waals surface area contributed by atoms with Crippen LogP contribution in [-0.2, 0) is 12.8 Å². The number of ether oxygens (including phenoxy) is 2. The molecule has 17 heteroatoms. The second kappa shape index (κ2) is 14.4. The molecule has 2 aliphatic heterocycles. The van der Waals surface area contributed by atoms with Crippen LogP contribution in [0.25, 0.3) is 11.4 Å². The van der Waals surface area contributed by atoms with E-state index in [4.69, 9.17) is 20.9 Å². The zero-order valence-electron chi connectivity index (χ0n) is 30.7. The lowest BCUT2D eigenvalue weighted by molar-refractivity contribution is -0.435. The molecule has 2 aromatic heterocycles. The third kappa shape index (κ3) is 6.45. The molecule has 6 aromatic rings. The first-order chi connectivity index (χ1) is 27.6. The molecular weight excluding hydrogens is 733 g/mol. The first kappa shape index (κ1) is 36.2. The first-order valence-electron chi connectivity index (χ1n) is 17.7. The summed E-state index contributed by atoms with van der Waals surface area (Å²) in [6.45, 7) is 0.530. The quantitative estimate of drug-likeness (QED) is 0.113. The molecule has 2 aliphatic rings. The predicted octanol–water partition coefficient (Wildman–Crippen LogP) is 4.60. The highest BCUT2D eigenvalue weighted by Gasteiger charge is 2.36. The van der Waals surface area contributed by atoms with Crippen LogP contribution in [0.15, 0.2) is 102 Å². The fourth-order valence-electron chi connectivity index (χ4n) is 7.05. The normalized spacial score (nSPS) is 14.0. The molecule has 4 heterocycles. The van der Waals surface area contributed by atoms with Gasteiger partial charge in [-0.2, -0.15) is 10.2 Å². The van der Waals surface area contributed by atoms with E-state index in [2.05, 4.69) is 15.3 Å². The van der Waals surface area contributed by atoms with Crippen molar-refractivity contribution >= 4 is 46.4 Å². The SMILES string of the molecule is COc1ccc(-n2nc(C(N)=O)c3c2C(=O)N(c2ccc(N=[N+]([O-])c4ccc(N5CCc6c(C(N)=O)nn(-c7ccc(OC)cc7)c6C5=O)cc4)cc2)CC3)cc1. The van der Waals surface area contributed by atoms with Crippen molar-refractivity contribution in [3.05, 3.63) is 136 Å². The molecule has 286 valence electrons. The Bertz CT molecular complexity index is 2600. The summed E-state index contributed by atoms with van der Waals surface area (Å²) in [5.74, 6) is -0.978. The third-order valence-electron chi connectivity index (χ3n) is 9.88. The van der Waals surface area contributed by atoms with Gasteiger partial charge in [0.25, 0.3) is 23.6 Å². The fraction of sp³-hybridized carbons (Fsp3) is 0.150. The van der Waals surface area contributed by atoms with E-state index in [1.54, 1.807) is 121 Å². The van der Waals surface area contributed by atoms with E-state index < -0.39 is 11.8 Å². The Hall–Kier alpha value is -7.82. The number of benzene rings is 4. The van der Waals surface area contributed by atoms with Crippen molar-refractivity contribution in [2.24, 2.45) is 16.6 Å². The highest BCUT2D eigenvalue weighted by atomic mass is 16.5. The number of carbonyl (C=O) groups excluding carboxylic acids is 4. The average Bonchev–Trinajstić information content (AvgIpc) is 3.83. The lowest BCUT2D eigenvalue weighted by Crippen LogP contribution is -2.39. The Morgan fingerprint density at radius 2 is 1.02 bits per heavy atom. The van der Waals surface area contributed by atoms with E-state index in [9.17, 15) is 24.4 Å². The van der Waals surface area contributed by atoms with Crippen molar-refractivity contribution in [2.45, 2.75) is 12.8 Å². The van der Waals surface area contributed by atoms with Gasteiger partial charge >= 0.3 is 0 Å². The molecule has 4 aromatic carbocycles. The van der Waals surface area contributed by atoms with Gasteiger partial charge in [0.15, 0.2) is 11.4 Å². The van der Waals surface area contributed by atoms with Crippen LogP contribution in [0, 0.1) is 5.21 Å². The first-order valence-corrected chi connectivity index (χ1v) is 17.7. The maximum absolute atomic E-state index is 13.9. The van der Waals surface area contributed by atoms with Crippen LogP contribution in [0.4, 0.5) is 22.7 Å². The maximum atomic E-state index is 13.9. The highest BCUT2D eigenvalue weighted by molar-refractivity contribution is 6.10. The number of amides is 4. The van der Waals surface area contributed by atoms with Crippen molar-refractivity contribution < 1.29 is 33.5 Å². The summed E-state index contributed by atoms with van der Waals surface area (Å²) >= 11 is 0. The summed E-state index contributed by atoms with van der Waals surface area (Å²) in [6.07, 6.45) is 0.679. The van der Waals surface area contributed by atoms with Crippen LogP contribution < -0.4 is 30.7 Å². The molecule has 0 unspecified atom stereocenters. The van der Waals surface area contributed by atoms with Crippen LogP contribution in [-0.4, -0.2) is 75.4 Å². The van der Waals surface area contributed by atoms with E-state index in [0.717, 1.165) is 0 Å². The average molecular weight is 767 g/mol. The van der Waals surface area contributed by atoms with Gasteiger partial charge in [0.2, 0.25) is 5.69 Å². The van der Waals surface area contributed by atoms with Gasteiger partial charge in [-0.1, -0.05) is 4.86 Å². The smallest absolute Gasteiger partial charge is 0.277 e.